The molecule has 2 atom stereocenters. The van der Waals surface area contributed by atoms with E-state index in [1.54, 1.807) is 0 Å². The van der Waals surface area contributed by atoms with Gasteiger partial charge in [-0.3, -0.25) is 9.69 Å². The highest BCUT2D eigenvalue weighted by molar-refractivity contribution is 5.94. The van der Waals surface area contributed by atoms with Crippen LogP contribution in [0.2, 0.25) is 0 Å². The Balaban J connectivity index is 1.70. The summed E-state index contributed by atoms with van der Waals surface area (Å²) in [6.45, 7) is 6.80. The van der Waals surface area contributed by atoms with Gasteiger partial charge in [0.1, 0.15) is 5.60 Å². The van der Waals surface area contributed by atoms with Crippen molar-refractivity contribution in [1.29, 1.82) is 0 Å². The van der Waals surface area contributed by atoms with Crippen molar-refractivity contribution in [2.75, 3.05) is 13.1 Å². The van der Waals surface area contributed by atoms with E-state index in [-0.39, 0.29) is 24.1 Å². The van der Waals surface area contributed by atoms with Gasteiger partial charge in [-0.1, -0.05) is 18.2 Å². The van der Waals surface area contributed by atoms with Gasteiger partial charge in [0.25, 0.3) is 5.91 Å². The molecule has 0 aliphatic carbocycles. The van der Waals surface area contributed by atoms with Gasteiger partial charge in [0.05, 0.1) is 12.1 Å². The van der Waals surface area contributed by atoms with Crippen LogP contribution in [0.25, 0.3) is 0 Å². The summed E-state index contributed by atoms with van der Waals surface area (Å²) >= 11 is 0. The van der Waals surface area contributed by atoms with E-state index >= 15 is 0 Å². The van der Waals surface area contributed by atoms with Crippen molar-refractivity contribution in [2.45, 2.75) is 51.3 Å². The Bertz CT molecular complexity index is 580. The van der Waals surface area contributed by atoms with Crippen LogP contribution in [0.1, 0.15) is 44.0 Å². The van der Waals surface area contributed by atoms with Gasteiger partial charge in [0, 0.05) is 18.7 Å². The second kappa shape index (κ2) is 5.87. The van der Waals surface area contributed by atoms with Crippen LogP contribution >= 0.6 is 0 Å². The lowest BCUT2D eigenvalue weighted by molar-refractivity contribution is -0.00335. The Morgan fingerprint density at radius 1 is 1.04 bits per heavy atom. The molecule has 2 bridgehead atoms. The van der Waals surface area contributed by atoms with E-state index in [0.717, 1.165) is 12.8 Å². The molecule has 2 aliphatic rings. The van der Waals surface area contributed by atoms with E-state index in [1.807, 2.05) is 60.9 Å². The highest BCUT2D eigenvalue weighted by atomic mass is 16.6. The van der Waals surface area contributed by atoms with Crippen LogP contribution in [0, 0.1) is 0 Å². The molecule has 1 aromatic carbocycles. The zero-order valence-electron chi connectivity index (χ0n) is 14.0. The van der Waals surface area contributed by atoms with Crippen LogP contribution in [0.15, 0.2) is 30.3 Å². The Morgan fingerprint density at radius 3 is 2.13 bits per heavy atom. The third kappa shape index (κ3) is 3.33. The average Bonchev–Trinajstić information content (AvgIpc) is 2.76. The van der Waals surface area contributed by atoms with Gasteiger partial charge in [-0.2, -0.15) is 0 Å². The van der Waals surface area contributed by atoms with Crippen molar-refractivity contribution in [1.82, 2.24) is 9.80 Å². The molecule has 23 heavy (non-hydrogen) atoms. The van der Waals surface area contributed by atoms with Gasteiger partial charge in [-0.15, -0.1) is 0 Å². The molecule has 5 nitrogen and oxygen atoms in total. The lowest BCUT2D eigenvalue weighted by Crippen LogP contribution is -2.57. The first-order valence-corrected chi connectivity index (χ1v) is 8.21. The molecular formula is C18H24N2O3. The van der Waals surface area contributed by atoms with Gasteiger partial charge in [0.2, 0.25) is 0 Å². The van der Waals surface area contributed by atoms with Gasteiger partial charge in [-0.25, -0.2) is 4.79 Å². The van der Waals surface area contributed by atoms with E-state index in [0.29, 0.717) is 18.7 Å². The number of rotatable bonds is 1. The summed E-state index contributed by atoms with van der Waals surface area (Å²) in [4.78, 5) is 28.8. The zero-order valence-corrected chi connectivity index (χ0v) is 14.0. The summed E-state index contributed by atoms with van der Waals surface area (Å²) in [5, 5.41) is 0. The summed E-state index contributed by atoms with van der Waals surface area (Å²) in [5.41, 5.74) is 0.214. The number of carbonyl (C=O) groups is 2. The third-order valence-electron chi connectivity index (χ3n) is 4.39. The molecule has 0 unspecified atom stereocenters. The second-order valence-electron chi connectivity index (χ2n) is 7.35. The molecule has 0 N–H and O–H groups in total. The van der Waals surface area contributed by atoms with E-state index in [4.69, 9.17) is 4.74 Å². The Kier molecular flexibility index (Phi) is 4.04. The van der Waals surface area contributed by atoms with E-state index in [9.17, 15) is 9.59 Å². The van der Waals surface area contributed by atoms with Crippen molar-refractivity contribution in [2.24, 2.45) is 0 Å². The summed E-state index contributed by atoms with van der Waals surface area (Å²) in [5.74, 6) is 0.0475. The van der Waals surface area contributed by atoms with Crippen molar-refractivity contribution in [3.63, 3.8) is 0 Å². The van der Waals surface area contributed by atoms with Gasteiger partial charge >= 0.3 is 6.09 Å². The monoisotopic (exact) mass is 316 g/mol. The van der Waals surface area contributed by atoms with Crippen LogP contribution in [0.4, 0.5) is 4.79 Å². The standard InChI is InChI=1S/C18H24N2O3/c1-18(2,3)23-17(22)20-14-9-10-15(20)12-19(11-14)16(21)13-7-5-4-6-8-13/h4-8,14-15H,9-12H2,1-3H3/t14-,15+. The average molecular weight is 316 g/mol. The topological polar surface area (TPSA) is 49.9 Å². The van der Waals surface area contributed by atoms with Crippen molar-refractivity contribution in [3.8, 4) is 0 Å². The van der Waals surface area contributed by atoms with Gasteiger partial charge < -0.3 is 9.64 Å². The Morgan fingerprint density at radius 2 is 1.61 bits per heavy atom. The van der Waals surface area contributed by atoms with E-state index < -0.39 is 5.60 Å². The van der Waals surface area contributed by atoms with Crippen molar-refractivity contribution < 1.29 is 14.3 Å². The molecule has 0 aromatic heterocycles. The number of hydrogen-bond donors (Lipinski definition) is 0. The molecule has 3 rings (SSSR count). The first kappa shape index (κ1) is 15.8. The fourth-order valence-corrected chi connectivity index (χ4v) is 3.44. The fraction of sp³-hybridized carbons (Fsp3) is 0.556. The van der Waals surface area contributed by atoms with Crippen LogP contribution in [-0.4, -0.2) is 52.6 Å². The summed E-state index contributed by atoms with van der Waals surface area (Å²) in [6, 6.07) is 9.46. The molecule has 2 saturated heterocycles. The van der Waals surface area contributed by atoms with Crippen LogP contribution in [0.5, 0.6) is 0 Å². The molecule has 124 valence electrons. The van der Waals surface area contributed by atoms with E-state index in [1.165, 1.54) is 0 Å². The molecule has 2 aliphatic heterocycles. The van der Waals surface area contributed by atoms with Gasteiger partial charge in [-0.05, 0) is 45.7 Å². The normalized spacial score (nSPS) is 23.8. The number of piperazine rings is 1. The minimum absolute atomic E-state index is 0.0475. The highest BCUT2D eigenvalue weighted by Crippen LogP contribution is 2.32. The minimum Gasteiger partial charge on any atom is -0.444 e. The molecule has 0 spiro atoms. The Hall–Kier alpha value is -2.04. The summed E-state index contributed by atoms with van der Waals surface area (Å²) < 4.78 is 5.52. The van der Waals surface area contributed by atoms with E-state index in [2.05, 4.69) is 0 Å². The summed E-state index contributed by atoms with van der Waals surface area (Å²) in [7, 11) is 0. The molecule has 2 amide bonds. The first-order valence-electron chi connectivity index (χ1n) is 8.21. The maximum atomic E-state index is 12.6. The maximum absolute atomic E-state index is 12.6. The lowest BCUT2D eigenvalue weighted by atomic mass is 10.1. The quantitative estimate of drug-likeness (QED) is 0.800. The first-order chi connectivity index (χ1) is 10.8. The number of hydrogen-bond acceptors (Lipinski definition) is 3. The summed E-state index contributed by atoms with van der Waals surface area (Å²) in [6.07, 6.45) is 1.61. The number of benzene rings is 1. The second-order valence-corrected chi connectivity index (χ2v) is 7.35. The number of likely N-dealkylation sites (tertiary alicyclic amines) is 1. The third-order valence-corrected chi connectivity index (χ3v) is 4.39. The highest BCUT2D eigenvalue weighted by Gasteiger charge is 2.45. The number of fused-ring (bicyclic) bond motifs is 2. The fourth-order valence-electron chi connectivity index (χ4n) is 3.44. The largest absolute Gasteiger partial charge is 0.444 e. The zero-order chi connectivity index (χ0) is 16.6. The minimum atomic E-state index is -0.493. The van der Waals surface area contributed by atoms with Crippen LogP contribution < -0.4 is 0 Å². The molecule has 5 heteroatoms. The lowest BCUT2D eigenvalue weighted by Gasteiger charge is -2.41. The Labute approximate surface area is 137 Å². The number of ether oxygens (including phenoxy) is 1. The maximum Gasteiger partial charge on any atom is 0.410 e. The number of carbonyl (C=O) groups excluding carboxylic acids is 2. The smallest absolute Gasteiger partial charge is 0.410 e. The predicted octanol–water partition coefficient (Wildman–Crippen LogP) is 2.91. The number of nitrogens with zero attached hydrogens (tertiary/aromatic N) is 2. The van der Waals surface area contributed by atoms with Crippen molar-refractivity contribution in [3.05, 3.63) is 35.9 Å². The van der Waals surface area contributed by atoms with Gasteiger partial charge in [0.15, 0.2) is 0 Å². The molecular weight excluding hydrogens is 292 g/mol. The SMILES string of the molecule is CC(C)(C)OC(=O)N1[C@@H]2CC[C@H]1CN(C(=O)c1ccccc1)C2. The molecule has 1 aromatic rings. The molecule has 2 fully saturated rings. The number of amides is 2. The van der Waals surface area contributed by atoms with Crippen LogP contribution in [-0.2, 0) is 4.74 Å². The molecule has 0 radical (unpaired) electrons. The predicted molar refractivity (Wildman–Crippen MR) is 87.2 cm³/mol. The van der Waals surface area contributed by atoms with Crippen molar-refractivity contribution >= 4 is 12.0 Å². The molecule has 2 heterocycles. The van der Waals surface area contributed by atoms with Crippen LogP contribution in [0.3, 0.4) is 0 Å². The molecule has 0 saturated carbocycles.